The van der Waals surface area contributed by atoms with Crippen molar-refractivity contribution in [3.8, 4) is 5.69 Å². The third-order valence-electron chi connectivity index (χ3n) is 2.65. The monoisotopic (exact) mass is 244 g/mol. The number of benzene rings is 1. The van der Waals surface area contributed by atoms with Gasteiger partial charge in [0.25, 0.3) is 0 Å². The number of hydrogen-bond donors (Lipinski definition) is 0. The molecule has 0 saturated heterocycles. The quantitative estimate of drug-likeness (QED) is 0.731. The maximum atomic E-state index is 10.4. The maximum absolute atomic E-state index is 10.4. The van der Waals surface area contributed by atoms with Gasteiger partial charge in [-0.3, -0.25) is 0 Å². The van der Waals surface area contributed by atoms with Crippen LogP contribution in [0.2, 0.25) is 0 Å². The van der Waals surface area contributed by atoms with Gasteiger partial charge in [0.2, 0.25) is 0 Å². The molecule has 2 rings (SSSR count). The molecule has 94 valence electrons. The number of aryl methyl sites for hydroxylation is 1. The molecule has 0 fully saturated rings. The molecule has 1 heterocycles. The summed E-state index contributed by atoms with van der Waals surface area (Å²) in [6.07, 6.45) is 2.08. The predicted molar refractivity (Wildman–Crippen MR) is 68.7 cm³/mol. The fraction of sp³-hybridized carbons (Fsp3) is 0.286. The van der Waals surface area contributed by atoms with Gasteiger partial charge in [0.1, 0.15) is 6.29 Å². The van der Waals surface area contributed by atoms with Crippen molar-refractivity contribution in [1.82, 2.24) is 9.78 Å². The normalized spacial score (nSPS) is 10.5. The third kappa shape index (κ3) is 2.84. The van der Waals surface area contributed by atoms with Crippen LogP contribution in [0.5, 0.6) is 0 Å². The number of carbonyl (C=O) groups excluding carboxylic acids is 1. The second-order valence-electron chi connectivity index (χ2n) is 4.01. The van der Waals surface area contributed by atoms with Crippen molar-refractivity contribution in [3.63, 3.8) is 0 Å². The molecule has 1 aromatic carbocycles. The van der Waals surface area contributed by atoms with Gasteiger partial charge in [-0.1, -0.05) is 18.2 Å². The molecule has 1 aromatic heterocycles. The number of aldehydes is 1. The van der Waals surface area contributed by atoms with Gasteiger partial charge in [-0.15, -0.1) is 0 Å². The van der Waals surface area contributed by atoms with Gasteiger partial charge in [-0.05, 0) is 24.6 Å². The lowest BCUT2D eigenvalue weighted by molar-refractivity contribution is -0.107. The van der Waals surface area contributed by atoms with E-state index >= 15 is 0 Å². The molecular formula is C14H16N2O2. The summed E-state index contributed by atoms with van der Waals surface area (Å²) in [7, 11) is 1.66. The molecule has 0 radical (unpaired) electrons. The Morgan fingerprint density at radius 1 is 1.33 bits per heavy atom. The van der Waals surface area contributed by atoms with Crippen LogP contribution in [-0.2, 0) is 22.6 Å². The second-order valence-corrected chi connectivity index (χ2v) is 4.01. The van der Waals surface area contributed by atoms with E-state index in [0.717, 1.165) is 23.4 Å². The number of aromatic nitrogens is 2. The molecule has 0 atom stereocenters. The molecule has 0 spiro atoms. The Kier molecular flexibility index (Phi) is 4.25. The number of nitrogens with zero attached hydrogens (tertiary/aromatic N) is 2. The molecule has 0 unspecified atom stereocenters. The number of ether oxygens (including phenoxy) is 1. The predicted octanol–water partition coefficient (Wildman–Crippen LogP) is 2.15. The van der Waals surface area contributed by atoms with Crippen molar-refractivity contribution >= 4 is 6.29 Å². The number of methoxy groups -OCH3 is 1. The van der Waals surface area contributed by atoms with E-state index in [1.807, 2.05) is 41.1 Å². The van der Waals surface area contributed by atoms with Crippen LogP contribution in [0.25, 0.3) is 5.69 Å². The Morgan fingerprint density at radius 2 is 2.11 bits per heavy atom. The van der Waals surface area contributed by atoms with Crippen molar-refractivity contribution in [2.24, 2.45) is 0 Å². The zero-order valence-electron chi connectivity index (χ0n) is 10.4. The van der Waals surface area contributed by atoms with Gasteiger partial charge < -0.3 is 9.53 Å². The van der Waals surface area contributed by atoms with Gasteiger partial charge in [-0.2, -0.15) is 5.10 Å². The van der Waals surface area contributed by atoms with Crippen LogP contribution in [0.4, 0.5) is 0 Å². The van der Waals surface area contributed by atoms with Crippen LogP contribution in [0.3, 0.4) is 0 Å². The van der Waals surface area contributed by atoms with Gasteiger partial charge in [-0.25, -0.2) is 4.68 Å². The summed E-state index contributed by atoms with van der Waals surface area (Å²) >= 11 is 0. The Morgan fingerprint density at radius 3 is 2.78 bits per heavy atom. The lowest BCUT2D eigenvalue weighted by atomic mass is 10.2. The fourth-order valence-electron chi connectivity index (χ4n) is 1.85. The second kappa shape index (κ2) is 6.12. The van der Waals surface area contributed by atoms with Gasteiger partial charge in [0.05, 0.1) is 23.7 Å². The standard InChI is InChI=1S/C14H16N2O2/c1-18-11-14-10-12(6-5-9-17)15-16(14)13-7-3-2-4-8-13/h2-4,7-10H,5-6,11H2,1H3. The van der Waals surface area contributed by atoms with Crippen LogP contribution >= 0.6 is 0 Å². The first kappa shape index (κ1) is 12.5. The van der Waals surface area contributed by atoms with E-state index in [-0.39, 0.29) is 0 Å². The Labute approximate surface area is 106 Å². The summed E-state index contributed by atoms with van der Waals surface area (Å²) in [6.45, 7) is 0.503. The van der Waals surface area contributed by atoms with E-state index in [1.165, 1.54) is 0 Å². The van der Waals surface area contributed by atoms with E-state index in [0.29, 0.717) is 19.4 Å². The molecule has 0 aliphatic carbocycles. The highest BCUT2D eigenvalue weighted by Gasteiger charge is 2.08. The highest BCUT2D eigenvalue weighted by Crippen LogP contribution is 2.14. The lowest BCUT2D eigenvalue weighted by Gasteiger charge is -2.05. The molecule has 4 heteroatoms. The van der Waals surface area contributed by atoms with Crippen molar-refractivity contribution in [2.75, 3.05) is 7.11 Å². The van der Waals surface area contributed by atoms with Crippen LogP contribution in [0.1, 0.15) is 17.8 Å². The van der Waals surface area contributed by atoms with Crippen molar-refractivity contribution < 1.29 is 9.53 Å². The highest BCUT2D eigenvalue weighted by atomic mass is 16.5. The van der Waals surface area contributed by atoms with E-state index in [2.05, 4.69) is 5.10 Å². The average Bonchev–Trinajstić information content (AvgIpc) is 2.81. The Hall–Kier alpha value is -1.94. The first-order chi connectivity index (χ1) is 8.85. The molecule has 0 bridgehead atoms. The summed E-state index contributed by atoms with van der Waals surface area (Å²) in [4.78, 5) is 10.4. The molecule has 0 amide bonds. The van der Waals surface area contributed by atoms with Crippen LogP contribution in [0.15, 0.2) is 36.4 Å². The first-order valence-electron chi connectivity index (χ1n) is 5.91. The minimum absolute atomic E-state index is 0.498. The van der Waals surface area contributed by atoms with Gasteiger partial charge >= 0.3 is 0 Å². The topological polar surface area (TPSA) is 44.1 Å². The minimum atomic E-state index is 0.498. The summed E-state index contributed by atoms with van der Waals surface area (Å²) in [5.41, 5.74) is 2.91. The molecule has 0 aliphatic heterocycles. The zero-order valence-corrected chi connectivity index (χ0v) is 10.4. The number of para-hydroxylation sites is 1. The number of carbonyl (C=O) groups is 1. The lowest BCUT2D eigenvalue weighted by Crippen LogP contribution is -2.03. The summed E-state index contributed by atoms with van der Waals surface area (Å²) in [5.74, 6) is 0. The van der Waals surface area contributed by atoms with Crippen LogP contribution in [0, 0.1) is 0 Å². The van der Waals surface area contributed by atoms with E-state index in [9.17, 15) is 4.79 Å². The smallest absolute Gasteiger partial charge is 0.120 e. The van der Waals surface area contributed by atoms with Crippen LogP contribution in [-0.4, -0.2) is 23.2 Å². The maximum Gasteiger partial charge on any atom is 0.120 e. The summed E-state index contributed by atoms with van der Waals surface area (Å²) < 4.78 is 7.04. The summed E-state index contributed by atoms with van der Waals surface area (Å²) in [5, 5.41) is 4.51. The highest BCUT2D eigenvalue weighted by molar-refractivity contribution is 5.49. The molecule has 0 N–H and O–H groups in total. The Bertz CT molecular complexity index is 506. The molecular weight excluding hydrogens is 228 g/mol. The minimum Gasteiger partial charge on any atom is -0.378 e. The van der Waals surface area contributed by atoms with E-state index in [1.54, 1.807) is 7.11 Å². The Balaban J connectivity index is 2.32. The molecule has 0 aliphatic rings. The van der Waals surface area contributed by atoms with Crippen molar-refractivity contribution in [1.29, 1.82) is 0 Å². The first-order valence-corrected chi connectivity index (χ1v) is 5.91. The van der Waals surface area contributed by atoms with Crippen molar-refractivity contribution in [3.05, 3.63) is 47.8 Å². The molecule has 4 nitrogen and oxygen atoms in total. The number of rotatable bonds is 6. The van der Waals surface area contributed by atoms with Crippen molar-refractivity contribution in [2.45, 2.75) is 19.4 Å². The average molecular weight is 244 g/mol. The molecule has 2 aromatic rings. The van der Waals surface area contributed by atoms with Gasteiger partial charge in [0, 0.05) is 13.5 Å². The SMILES string of the molecule is COCc1cc(CCC=O)nn1-c1ccccc1. The molecule has 0 saturated carbocycles. The largest absolute Gasteiger partial charge is 0.378 e. The number of hydrogen-bond acceptors (Lipinski definition) is 3. The summed E-state index contributed by atoms with van der Waals surface area (Å²) in [6, 6.07) is 11.9. The van der Waals surface area contributed by atoms with Crippen LogP contribution < -0.4 is 0 Å². The molecule has 18 heavy (non-hydrogen) atoms. The fourth-order valence-corrected chi connectivity index (χ4v) is 1.85. The third-order valence-corrected chi connectivity index (χ3v) is 2.65. The zero-order chi connectivity index (χ0) is 12.8. The van der Waals surface area contributed by atoms with E-state index in [4.69, 9.17) is 4.74 Å². The van der Waals surface area contributed by atoms with E-state index < -0.39 is 0 Å². The van der Waals surface area contributed by atoms with Gasteiger partial charge in [0.15, 0.2) is 0 Å².